The second kappa shape index (κ2) is 9.14. The molecule has 0 saturated heterocycles. The highest BCUT2D eigenvalue weighted by Crippen LogP contribution is 2.21. The molecule has 0 saturated carbocycles. The number of ether oxygens (including phenoxy) is 1. The van der Waals surface area contributed by atoms with Crippen LogP contribution < -0.4 is 32.3 Å². The Balaban J connectivity index is 2.36. The van der Waals surface area contributed by atoms with Crippen molar-refractivity contribution in [3.63, 3.8) is 0 Å². The number of anilines is 2. The second-order valence-electron chi connectivity index (χ2n) is 5.76. The lowest BCUT2D eigenvalue weighted by Gasteiger charge is -2.13. The molecule has 0 unspecified atom stereocenters. The first-order valence-corrected chi connectivity index (χ1v) is 8.52. The number of benzene rings is 1. The number of nitrogens with two attached hydrogens (primary N) is 2. The van der Waals surface area contributed by atoms with E-state index in [1.54, 1.807) is 23.8 Å². The predicted octanol–water partition coefficient (Wildman–Crippen LogP) is -0.174. The number of carbonyl (C=O) groups excluding carboxylic acids is 1. The van der Waals surface area contributed by atoms with Gasteiger partial charge in [-0.2, -0.15) is 4.98 Å². The van der Waals surface area contributed by atoms with Crippen LogP contribution in [0.25, 0.3) is 0 Å². The van der Waals surface area contributed by atoms with Crippen molar-refractivity contribution in [2.75, 3.05) is 37.8 Å². The third kappa shape index (κ3) is 4.48. The molecule has 0 bridgehead atoms. The van der Waals surface area contributed by atoms with Gasteiger partial charge in [0.15, 0.2) is 11.5 Å². The molecule has 1 aromatic heterocycles. The molecular formula is C17H25BN6O2. The summed E-state index contributed by atoms with van der Waals surface area (Å²) in [7, 11) is 7.53. The fourth-order valence-electron chi connectivity index (χ4n) is 2.60. The van der Waals surface area contributed by atoms with Crippen LogP contribution in [0.3, 0.4) is 0 Å². The molecule has 0 aliphatic heterocycles. The maximum absolute atomic E-state index is 12.6. The van der Waals surface area contributed by atoms with Gasteiger partial charge in [-0.05, 0) is 31.5 Å². The van der Waals surface area contributed by atoms with Crippen LogP contribution in [0.5, 0.6) is 5.75 Å². The highest BCUT2D eigenvalue weighted by Gasteiger charge is 2.21. The number of amides is 1. The molecule has 9 heteroatoms. The lowest BCUT2D eigenvalue weighted by atomic mass is 9.93. The Morgan fingerprint density at radius 3 is 2.81 bits per heavy atom. The normalized spacial score (nSPS) is 10.6. The van der Waals surface area contributed by atoms with E-state index in [1.807, 2.05) is 13.0 Å². The summed E-state index contributed by atoms with van der Waals surface area (Å²) in [6, 6.07) is 5.45. The lowest BCUT2D eigenvalue weighted by Crippen LogP contribution is -2.27. The van der Waals surface area contributed by atoms with Crippen molar-refractivity contribution >= 4 is 31.0 Å². The Bertz CT molecular complexity index is 762. The molecule has 1 amide bonds. The summed E-state index contributed by atoms with van der Waals surface area (Å²) in [6.07, 6.45) is 0.761. The quantitative estimate of drug-likeness (QED) is 0.366. The van der Waals surface area contributed by atoms with Crippen molar-refractivity contribution in [2.45, 2.75) is 19.9 Å². The molecule has 0 fully saturated rings. The average molecular weight is 356 g/mol. The van der Waals surface area contributed by atoms with Crippen LogP contribution in [-0.4, -0.2) is 50.0 Å². The highest BCUT2D eigenvalue weighted by atomic mass is 16.5. The molecule has 26 heavy (non-hydrogen) atoms. The lowest BCUT2D eigenvalue weighted by molar-refractivity contribution is 0.0948. The van der Waals surface area contributed by atoms with Gasteiger partial charge in [0, 0.05) is 13.1 Å². The number of nitrogen functional groups attached to an aromatic ring is 1. The average Bonchev–Trinajstić information content (AvgIpc) is 2.91. The minimum Gasteiger partial charge on any atom is -0.497 e. The third-order valence-electron chi connectivity index (χ3n) is 3.86. The number of imidazole rings is 1. The Labute approximate surface area is 154 Å². The summed E-state index contributed by atoms with van der Waals surface area (Å²) >= 11 is 0. The molecule has 0 atom stereocenters. The standard InChI is InChI=1S/C17H25BN6O2/c1-3-21-16(25)14-15(22-8-4-7-19)23-17(20)24(14)10-11-5-6-13(26-2)12(18)9-11/h5-6,9,22H,3-4,7-8,10,19H2,1-2H3,(H2,20,23)(H,21,25). The fraction of sp³-hybridized carbons (Fsp3) is 0.412. The van der Waals surface area contributed by atoms with E-state index in [1.165, 1.54) is 0 Å². The molecule has 0 aliphatic carbocycles. The maximum atomic E-state index is 12.6. The molecule has 1 aromatic carbocycles. The molecule has 2 radical (unpaired) electrons. The number of methoxy groups -OCH3 is 1. The number of hydrogen-bond donors (Lipinski definition) is 4. The van der Waals surface area contributed by atoms with Gasteiger partial charge < -0.3 is 31.4 Å². The Morgan fingerprint density at radius 2 is 2.19 bits per heavy atom. The zero-order valence-electron chi connectivity index (χ0n) is 15.2. The first-order valence-electron chi connectivity index (χ1n) is 8.52. The molecule has 0 spiro atoms. The summed E-state index contributed by atoms with van der Waals surface area (Å²) < 4.78 is 6.84. The molecular weight excluding hydrogens is 331 g/mol. The number of carbonyl (C=O) groups is 1. The van der Waals surface area contributed by atoms with E-state index < -0.39 is 0 Å². The van der Waals surface area contributed by atoms with E-state index in [0.29, 0.717) is 48.9 Å². The molecule has 8 nitrogen and oxygen atoms in total. The summed E-state index contributed by atoms with van der Waals surface area (Å²) in [4.78, 5) is 16.9. The summed E-state index contributed by atoms with van der Waals surface area (Å²) in [6.45, 7) is 3.87. The molecule has 6 N–H and O–H groups in total. The zero-order valence-corrected chi connectivity index (χ0v) is 15.2. The van der Waals surface area contributed by atoms with Crippen LogP contribution >= 0.6 is 0 Å². The van der Waals surface area contributed by atoms with Gasteiger partial charge in [0.1, 0.15) is 13.6 Å². The molecule has 2 aromatic rings. The van der Waals surface area contributed by atoms with Crippen LogP contribution in [0, 0.1) is 0 Å². The van der Waals surface area contributed by atoms with E-state index in [4.69, 9.17) is 24.1 Å². The SMILES string of the molecule is [B]c1cc(Cn2c(N)nc(NCCCN)c2C(=O)NCC)ccc1OC. The van der Waals surface area contributed by atoms with Gasteiger partial charge in [0.25, 0.3) is 5.91 Å². The summed E-state index contributed by atoms with van der Waals surface area (Å²) in [5, 5.41) is 5.93. The van der Waals surface area contributed by atoms with Crippen LogP contribution in [0.2, 0.25) is 0 Å². The second-order valence-corrected chi connectivity index (χ2v) is 5.76. The van der Waals surface area contributed by atoms with E-state index in [0.717, 1.165) is 12.0 Å². The van der Waals surface area contributed by atoms with E-state index in [2.05, 4.69) is 15.6 Å². The Kier molecular flexibility index (Phi) is 6.91. The van der Waals surface area contributed by atoms with Gasteiger partial charge in [0.2, 0.25) is 5.95 Å². The first-order chi connectivity index (χ1) is 12.5. The number of nitrogens with zero attached hydrogens (tertiary/aromatic N) is 2. The molecule has 138 valence electrons. The monoisotopic (exact) mass is 356 g/mol. The van der Waals surface area contributed by atoms with Gasteiger partial charge in [0.05, 0.1) is 13.7 Å². The largest absolute Gasteiger partial charge is 0.497 e. The van der Waals surface area contributed by atoms with Crippen molar-refractivity contribution in [3.8, 4) is 5.75 Å². The molecule has 1 heterocycles. The maximum Gasteiger partial charge on any atom is 0.271 e. The summed E-state index contributed by atoms with van der Waals surface area (Å²) in [5.74, 6) is 1.05. The molecule has 0 aliphatic rings. The first kappa shape index (κ1) is 19.6. The van der Waals surface area contributed by atoms with Crippen molar-refractivity contribution in [2.24, 2.45) is 5.73 Å². The number of aromatic nitrogens is 2. The van der Waals surface area contributed by atoms with Gasteiger partial charge in [-0.1, -0.05) is 17.6 Å². The van der Waals surface area contributed by atoms with Crippen molar-refractivity contribution in [3.05, 3.63) is 29.5 Å². The van der Waals surface area contributed by atoms with Gasteiger partial charge >= 0.3 is 0 Å². The Morgan fingerprint density at radius 1 is 1.42 bits per heavy atom. The summed E-state index contributed by atoms with van der Waals surface area (Å²) in [5.41, 5.74) is 13.4. The fourth-order valence-corrected chi connectivity index (χ4v) is 2.60. The predicted molar refractivity (Wildman–Crippen MR) is 104 cm³/mol. The highest BCUT2D eigenvalue weighted by molar-refractivity contribution is 6.34. The van der Waals surface area contributed by atoms with Crippen molar-refractivity contribution in [1.82, 2.24) is 14.9 Å². The van der Waals surface area contributed by atoms with Gasteiger partial charge in [-0.15, -0.1) is 0 Å². The number of rotatable bonds is 9. The van der Waals surface area contributed by atoms with E-state index in [-0.39, 0.29) is 11.9 Å². The minimum absolute atomic E-state index is 0.242. The smallest absolute Gasteiger partial charge is 0.271 e. The van der Waals surface area contributed by atoms with E-state index >= 15 is 0 Å². The van der Waals surface area contributed by atoms with Crippen LogP contribution in [0.4, 0.5) is 11.8 Å². The number of nitrogens with one attached hydrogen (secondary N) is 2. The van der Waals surface area contributed by atoms with Crippen LogP contribution in [0.1, 0.15) is 29.4 Å². The Hall–Kier alpha value is -2.68. The minimum atomic E-state index is -0.242. The topological polar surface area (TPSA) is 120 Å². The van der Waals surface area contributed by atoms with E-state index in [9.17, 15) is 4.79 Å². The third-order valence-corrected chi connectivity index (χ3v) is 3.86. The van der Waals surface area contributed by atoms with Gasteiger partial charge in [-0.25, -0.2) is 0 Å². The van der Waals surface area contributed by atoms with Crippen molar-refractivity contribution in [1.29, 1.82) is 0 Å². The van der Waals surface area contributed by atoms with Crippen LogP contribution in [-0.2, 0) is 6.54 Å². The van der Waals surface area contributed by atoms with Crippen LogP contribution in [0.15, 0.2) is 18.2 Å². The molecule has 2 rings (SSSR count). The van der Waals surface area contributed by atoms with Gasteiger partial charge in [-0.3, -0.25) is 4.79 Å². The van der Waals surface area contributed by atoms with Crippen molar-refractivity contribution < 1.29 is 9.53 Å². The zero-order chi connectivity index (χ0) is 19.1. The number of hydrogen-bond acceptors (Lipinski definition) is 6.